The normalized spacial score (nSPS) is 17.7. The molecule has 43 heavy (non-hydrogen) atoms. The highest BCUT2D eigenvalue weighted by Crippen LogP contribution is 2.35. The van der Waals surface area contributed by atoms with Gasteiger partial charge in [-0.3, -0.25) is 9.69 Å². The van der Waals surface area contributed by atoms with Crippen LogP contribution in [-0.4, -0.2) is 54.3 Å². The molecule has 10 heteroatoms. The fourth-order valence-corrected chi connectivity index (χ4v) is 5.20. The average Bonchev–Trinajstić information content (AvgIpc) is 3.19. The number of nitrogens with zero attached hydrogens (tertiary/aromatic N) is 2. The predicted molar refractivity (Wildman–Crippen MR) is 157 cm³/mol. The summed E-state index contributed by atoms with van der Waals surface area (Å²) in [6.07, 6.45) is -4.83. The van der Waals surface area contributed by atoms with Gasteiger partial charge in [0.2, 0.25) is 5.91 Å². The first-order valence-corrected chi connectivity index (χ1v) is 14.2. The van der Waals surface area contributed by atoms with Crippen molar-refractivity contribution in [1.82, 2.24) is 15.1 Å². The van der Waals surface area contributed by atoms with Crippen molar-refractivity contribution < 1.29 is 32.2 Å². The molecule has 7 nitrogen and oxygen atoms in total. The van der Waals surface area contributed by atoms with E-state index in [1.165, 1.54) is 17.7 Å². The van der Waals surface area contributed by atoms with Crippen molar-refractivity contribution in [1.29, 1.82) is 0 Å². The Morgan fingerprint density at radius 1 is 0.907 bits per heavy atom. The minimum atomic E-state index is -4.76. The van der Waals surface area contributed by atoms with Crippen molar-refractivity contribution in [2.24, 2.45) is 0 Å². The number of hydrogen-bond donors (Lipinski definition) is 1. The number of ether oxygens (including phenoxy) is 2. The van der Waals surface area contributed by atoms with Gasteiger partial charge in [-0.1, -0.05) is 87.5 Å². The number of hydrogen-bond acceptors (Lipinski definition) is 5. The van der Waals surface area contributed by atoms with Gasteiger partial charge in [0, 0.05) is 13.1 Å². The molecule has 230 valence electrons. The molecule has 0 aromatic heterocycles. The molecule has 1 aliphatic heterocycles. The summed E-state index contributed by atoms with van der Waals surface area (Å²) in [6, 6.07) is 22.8. The van der Waals surface area contributed by atoms with E-state index in [0.717, 1.165) is 16.7 Å². The first-order valence-electron chi connectivity index (χ1n) is 14.2. The van der Waals surface area contributed by atoms with Crippen LogP contribution in [0.3, 0.4) is 0 Å². The standard InChI is InChI=1S/C33H38F3N3O4/c1-32(2,3)26-14-12-25(13-15-26)29-38(4)28(18-20-37-31(41)42-22-24-8-6-5-7-9-24)30(40)39(29)21-19-23-10-16-27(17-11-23)43-33(34,35)36/h5-17,28-29H,18-22H2,1-4H3,(H,37,41)/t28-,29+/m0/s1. The molecule has 1 heterocycles. The Hall–Kier alpha value is -4.05. The fourth-order valence-electron chi connectivity index (χ4n) is 5.20. The van der Waals surface area contributed by atoms with Crippen LogP contribution in [0.25, 0.3) is 0 Å². The maximum Gasteiger partial charge on any atom is 0.573 e. The number of likely N-dealkylation sites (N-methyl/N-ethyl adjacent to an activating group) is 1. The van der Waals surface area contributed by atoms with Gasteiger partial charge >= 0.3 is 12.5 Å². The van der Waals surface area contributed by atoms with Gasteiger partial charge in [0.1, 0.15) is 18.5 Å². The number of halogens is 3. The predicted octanol–water partition coefficient (Wildman–Crippen LogP) is 6.58. The molecule has 0 unspecified atom stereocenters. The second-order valence-corrected chi connectivity index (χ2v) is 11.7. The summed E-state index contributed by atoms with van der Waals surface area (Å²) in [5, 5.41) is 2.74. The van der Waals surface area contributed by atoms with Gasteiger partial charge in [-0.2, -0.15) is 0 Å². The van der Waals surface area contributed by atoms with Gasteiger partial charge in [-0.25, -0.2) is 4.79 Å². The molecule has 1 aliphatic rings. The summed E-state index contributed by atoms with van der Waals surface area (Å²) in [5.74, 6) is -0.371. The number of carbonyl (C=O) groups is 2. The van der Waals surface area contributed by atoms with Crippen LogP contribution in [-0.2, 0) is 28.0 Å². The minimum absolute atomic E-state index is 0.0269. The lowest BCUT2D eigenvalue weighted by atomic mass is 9.86. The van der Waals surface area contributed by atoms with E-state index in [1.807, 2.05) is 54.4 Å². The van der Waals surface area contributed by atoms with Crippen LogP contribution in [0.15, 0.2) is 78.9 Å². The largest absolute Gasteiger partial charge is 0.573 e. The van der Waals surface area contributed by atoms with Gasteiger partial charge in [0.15, 0.2) is 0 Å². The van der Waals surface area contributed by atoms with E-state index in [1.54, 1.807) is 17.0 Å². The Bertz CT molecular complexity index is 1360. The number of rotatable bonds is 10. The molecule has 0 aliphatic carbocycles. The van der Waals surface area contributed by atoms with Crippen LogP contribution in [0.1, 0.15) is 55.6 Å². The number of alkyl halides is 3. The smallest absolute Gasteiger partial charge is 0.445 e. The van der Waals surface area contributed by atoms with E-state index in [-0.39, 0.29) is 36.4 Å². The van der Waals surface area contributed by atoms with Crippen molar-refractivity contribution in [3.05, 3.63) is 101 Å². The number of carbonyl (C=O) groups excluding carboxylic acids is 2. The summed E-state index contributed by atoms with van der Waals surface area (Å²) in [5.41, 5.74) is 3.75. The van der Waals surface area contributed by atoms with E-state index in [9.17, 15) is 22.8 Å². The topological polar surface area (TPSA) is 71.1 Å². The van der Waals surface area contributed by atoms with Crippen LogP contribution >= 0.6 is 0 Å². The zero-order valence-corrected chi connectivity index (χ0v) is 24.9. The highest BCUT2D eigenvalue weighted by atomic mass is 19.4. The summed E-state index contributed by atoms with van der Waals surface area (Å²) in [4.78, 5) is 29.8. The molecule has 1 N–H and O–H groups in total. The molecule has 0 saturated carbocycles. The van der Waals surface area contributed by atoms with Crippen molar-refractivity contribution in [3.8, 4) is 5.75 Å². The second kappa shape index (κ2) is 13.5. The van der Waals surface area contributed by atoms with Gasteiger partial charge in [-0.15, -0.1) is 13.2 Å². The summed E-state index contributed by atoms with van der Waals surface area (Å²) in [6.45, 7) is 7.17. The third-order valence-corrected chi connectivity index (χ3v) is 7.51. The van der Waals surface area contributed by atoms with Crippen molar-refractivity contribution in [2.75, 3.05) is 20.1 Å². The zero-order valence-electron chi connectivity index (χ0n) is 24.9. The molecule has 1 fully saturated rings. The molecule has 2 amide bonds. The molecule has 3 aromatic rings. The highest BCUT2D eigenvalue weighted by Gasteiger charge is 2.44. The SMILES string of the molecule is CN1[C@@H](CCNC(=O)OCc2ccccc2)C(=O)N(CCc2ccc(OC(F)(F)F)cc2)[C@@H]1c1ccc(C(C)(C)C)cc1. The van der Waals surface area contributed by atoms with Crippen molar-refractivity contribution in [3.63, 3.8) is 0 Å². The minimum Gasteiger partial charge on any atom is -0.445 e. The Kier molecular flexibility index (Phi) is 10.0. The number of alkyl carbamates (subject to hydrolysis) is 1. The van der Waals surface area contributed by atoms with Crippen molar-refractivity contribution in [2.45, 2.75) is 64.2 Å². The van der Waals surface area contributed by atoms with E-state index in [0.29, 0.717) is 19.4 Å². The Morgan fingerprint density at radius 3 is 2.16 bits per heavy atom. The number of amides is 2. The molecule has 0 spiro atoms. The molecule has 0 bridgehead atoms. The lowest BCUT2D eigenvalue weighted by molar-refractivity contribution is -0.274. The molecule has 4 rings (SSSR count). The lowest BCUT2D eigenvalue weighted by Gasteiger charge is -2.30. The molecule has 2 atom stereocenters. The van der Waals surface area contributed by atoms with E-state index in [2.05, 4.69) is 43.0 Å². The number of nitrogens with one attached hydrogen (secondary N) is 1. The molecule has 3 aromatic carbocycles. The van der Waals surface area contributed by atoms with E-state index >= 15 is 0 Å². The van der Waals surface area contributed by atoms with Crippen LogP contribution < -0.4 is 10.1 Å². The third kappa shape index (κ3) is 8.73. The lowest BCUT2D eigenvalue weighted by Crippen LogP contribution is -2.36. The summed E-state index contributed by atoms with van der Waals surface area (Å²) < 4.78 is 46.9. The van der Waals surface area contributed by atoms with Gasteiger partial charge in [0.05, 0.1) is 6.04 Å². The Morgan fingerprint density at radius 2 is 1.56 bits per heavy atom. The van der Waals surface area contributed by atoms with Gasteiger partial charge < -0.3 is 19.7 Å². The van der Waals surface area contributed by atoms with E-state index in [4.69, 9.17) is 4.74 Å². The molecule has 1 saturated heterocycles. The van der Waals surface area contributed by atoms with Crippen LogP contribution in [0, 0.1) is 0 Å². The number of benzene rings is 3. The Balaban J connectivity index is 1.44. The average molecular weight is 598 g/mol. The second-order valence-electron chi connectivity index (χ2n) is 11.7. The molecule has 0 radical (unpaired) electrons. The highest BCUT2D eigenvalue weighted by molar-refractivity contribution is 5.84. The Labute approximate surface area is 250 Å². The fraction of sp³-hybridized carbons (Fsp3) is 0.394. The summed E-state index contributed by atoms with van der Waals surface area (Å²) in [7, 11) is 1.89. The monoisotopic (exact) mass is 597 g/mol. The maximum absolute atomic E-state index is 13.7. The van der Waals surface area contributed by atoms with Crippen LogP contribution in [0.4, 0.5) is 18.0 Å². The van der Waals surface area contributed by atoms with Gasteiger partial charge in [0.25, 0.3) is 0 Å². The van der Waals surface area contributed by atoms with Crippen LogP contribution in [0.5, 0.6) is 5.75 Å². The first-order chi connectivity index (χ1) is 20.3. The van der Waals surface area contributed by atoms with Crippen molar-refractivity contribution >= 4 is 12.0 Å². The zero-order chi connectivity index (χ0) is 31.2. The summed E-state index contributed by atoms with van der Waals surface area (Å²) >= 11 is 0. The third-order valence-electron chi connectivity index (χ3n) is 7.51. The molecular weight excluding hydrogens is 559 g/mol. The molecular formula is C33H38F3N3O4. The van der Waals surface area contributed by atoms with E-state index < -0.39 is 18.5 Å². The first kappa shape index (κ1) is 31.9. The van der Waals surface area contributed by atoms with Crippen LogP contribution in [0.2, 0.25) is 0 Å². The quantitative estimate of drug-likeness (QED) is 0.286. The maximum atomic E-state index is 13.7. The van der Waals surface area contributed by atoms with Gasteiger partial charge in [-0.05, 0) is 59.7 Å².